The van der Waals surface area contributed by atoms with E-state index in [-0.39, 0.29) is 9.88 Å². The highest BCUT2D eigenvalue weighted by atomic mass is 32.2. The Morgan fingerprint density at radius 1 is 1.37 bits per heavy atom. The van der Waals surface area contributed by atoms with Gasteiger partial charge in [-0.15, -0.1) is 0 Å². The zero-order chi connectivity index (χ0) is 13.9. The second-order valence-corrected chi connectivity index (χ2v) is 6.92. The minimum Gasteiger partial charge on any atom is -0.392 e. The molecule has 0 unspecified atom stereocenters. The summed E-state index contributed by atoms with van der Waals surface area (Å²) in [6.45, 7) is 0. The van der Waals surface area contributed by atoms with E-state index in [0.29, 0.717) is 12.8 Å². The molecule has 0 spiro atoms. The van der Waals surface area contributed by atoms with Crippen LogP contribution in [-0.2, 0) is 10.0 Å². The van der Waals surface area contributed by atoms with Gasteiger partial charge in [0.05, 0.1) is 10.5 Å². The van der Waals surface area contributed by atoms with E-state index in [1.54, 1.807) is 6.07 Å². The fourth-order valence-electron chi connectivity index (χ4n) is 2.38. The Hall–Kier alpha value is -1.05. The Morgan fingerprint density at radius 2 is 2.05 bits per heavy atom. The Labute approximate surface area is 118 Å². The number of aromatic nitrogens is 1. The quantitative estimate of drug-likeness (QED) is 0.820. The molecule has 104 valence electrons. The molecule has 0 aromatic carbocycles. The lowest BCUT2D eigenvalue weighted by atomic mass is 9.82. The van der Waals surface area contributed by atoms with Crippen molar-refractivity contribution in [1.29, 1.82) is 0 Å². The Balaban J connectivity index is 2.29. The topological polar surface area (TPSA) is 85.1 Å². The Morgan fingerprint density at radius 3 is 2.58 bits per heavy atom. The summed E-state index contributed by atoms with van der Waals surface area (Å²) in [5, 5.41) is 0. The molecule has 7 heteroatoms. The van der Waals surface area contributed by atoms with Crippen molar-refractivity contribution < 1.29 is 8.42 Å². The molecule has 19 heavy (non-hydrogen) atoms. The van der Waals surface area contributed by atoms with Gasteiger partial charge in [-0.05, 0) is 25.0 Å². The third kappa shape index (κ3) is 3.10. The summed E-state index contributed by atoms with van der Waals surface area (Å²) in [6, 6.07) is 3.09. The van der Waals surface area contributed by atoms with Gasteiger partial charge in [-0.1, -0.05) is 31.5 Å². The lowest BCUT2D eigenvalue weighted by Gasteiger charge is -2.36. The predicted octanol–water partition coefficient (Wildman–Crippen LogP) is 1.35. The largest absolute Gasteiger partial charge is 0.392 e. The zero-order valence-electron chi connectivity index (χ0n) is 10.5. The fourth-order valence-corrected chi connectivity index (χ4v) is 4.10. The highest BCUT2D eigenvalue weighted by Crippen LogP contribution is 2.30. The van der Waals surface area contributed by atoms with Crippen molar-refractivity contribution in [2.75, 3.05) is 0 Å². The molecule has 1 aromatic rings. The average Bonchev–Trinajstić information content (AvgIpc) is 2.40. The van der Waals surface area contributed by atoms with Crippen LogP contribution >= 0.6 is 12.2 Å². The van der Waals surface area contributed by atoms with Gasteiger partial charge < -0.3 is 5.73 Å². The smallest absolute Gasteiger partial charge is 0.242 e. The van der Waals surface area contributed by atoms with Gasteiger partial charge in [0.15, 0.2) is 0 Å². The van der Waals surface area contributed by atoms with Crippen molar-refractivity contribution in [3.8, 4) is 0 Å². The second kappa shape index (κ2) is 5.52. The third-order valence-electron chi connectivity index (χ3n) is 3.45. The molecule has 1 fully saturated rings. The maximum atomic E-state index is 12.3. The molecule has 1 saturated carbocycles. The normalized spacial score (nSPS) is 18.9. The first-order valence-corrected chi connectivity index (χ1v) is 8.09. The van der Waals surface area contributed by atoms with Crippen LogP contribution in [0.15, 0.2) is 29.4 Å². The van der Waals surface area contributed by atoms with Crippen molar-refractivity contribution in [2.24, 2.45) is 5.73 Å². The Kier molecular flexibility index (Phi) is 4.17. The van der Waals surface area contributed by atoms with Gasteiger partial charge in [-0.2, -0.15) is 4.72 Å². The number of nitrogens with one attached hydrogen (secondary N) is 1. The van der Waals surface area contributed by atoms with E-state index < -0.39 is 15.6 Å². The summed E-state index contributed by atoms with van der Waals surface area (Å²) in [5.41, 5.74) is 4.99. The van der Waals surface area contributed by atoms with Crippen molar-refractivity contribution in [1.82, 2.24) is 9.71 Å². The number of pyridine rings is 1. The van der Waals surface area contributed by atoms with E-state index in [2.05, 4.69) is 9.71 Å². The summed E-state index contributed by atoms with van der Waals surface area (Å²) in [6.07, 6.45) is 7.09. The highest BCUT2D eigenvalue weighted by Gasteiger charge is 2.39. The molecule has 0 atom stereocenters. The number of hydrogen-bond donors (Lipinski definition) is 2. The molecule has 2 rings (SSSR count). The van der Waals surface area contributed by atoms with Crippen LogP contribution in [0.25, 0.3) is 0 Å². The molecule has 1 aliphatic rings. The average molecular weight is 299 g/mol. The summed E-state index contributed by atoms with van der Waals surface area (Å²) in [7, 11) is -3.64. The SMILES string of the molecule is NC(=S)C1(NS(=O)(=O)c2cccnc2)CCCCC1. The van der Waals surface area contributed by atoms with E-state index in [9.17, 15) is 8.42 Å². The molecule has 0 aliphatic heterocycles. The van der Waals surface area contributed by atoms with Crippen LogP contribution < -0.4 is 10.5 Å². The number of hydrogen-bond acceptors (Lipinski definition) is 4. The minimum atomic E-state index is -3.64. The molecule has 0 saturated heterocycles. The number of rotatable bonds is 4. The molecule has 1 aromatic heterocycles. The zero-order valence-corrected chi connectivity index (χ0v) is 12.1. The standard InChI is InChI=1S/C12H17N3O2S2/c13-11(18)12(6-2-1-3-7-12)15-19(16,17)10-5-4-8-14-9-10/h4-5,8-9,15H,1-3,6-7H2,(H2,13,18). The molecule has 0 bridgehead atoms. The fraction of sp³-hybridized carbons (Fsp3) is 0.500. The van der Waals surface area contributed by atoms with Gasteiger partial charge in [-0.25, -0.2) is 8.42 Å². The van der Waals surface area contributed by atoms with Crippen molar-refractivity contribution in [3.63, 3.8) is 0 Å². The monoisotopic (exact) mass is 299 g/mol. The van der Waals surface area contributed by atoms with Gasteiger partial charge in [0.1, 0.15) is 4.90 Å². The number of thiocarbonyl (C=S) groups is 1. The van der Waals surface area contributed by atoms with Crippen molar-refractivity contribution in [2.45, 2.75) is 42.5 Å². The van der Waals surface area contributed by atoms with Gasteiger partial charge in [0.2, 0.25) is 10.0 Å². The van der Waals surface area contributed by atoms with E-state index in [1.807, 2.05) is 0 Å². The van der Waals surface area contributed by atoms with Crippen LogP contribution in [-0.4, -0.2) is 23.9 Å². The summed E-state index contributed by atoms with van der Waals surface area (Å²) >= 11 is 5.08. The summed E-state index contributed by atoms with van der Waals surface area (Å²) in [4.78, 5) is 4.19. The first kappa shape index (κ1) is 14.4. The predicted molar refractivity (Wildman–Crippen MR) is 77.2 cm³/mol. The molecule has 1 heterocycles. The van der Waals surface area contributed by atoms with Gasteiger partial charge in [0.25, 0.3) is 0 Å². The molecule has 1 aliphatic carbocycles. The lowest BCUT2D eigenvalue weighted by molar-refractivity contribution is 0.353. The molecular weight excluding hydrogens is 282 g/mol. The highest BCUT2D eigenvalue weighted by molar-refractivity contribution is 7.89. The van der Waals surface area contributed by atoms with Crippen molar-refractivity contribution in [3.05, 3.63) is 24.5 Å². The summed E-state index contributed by atoms with van der Waals surface area (Å²) < 4.78 is 27.4. The maximum absolute atomic E-state index is 12.3. The van der Waals surface area contributed by atoms with E-state index >= 15 is 0 Å². The molecule has 5 nitrogen and oxygen atoms in total. The van der Waals surface area contributed by atoms with E-state index in [0.717, 1.165) is 19.3 Å². The van der Waals surface area contributed by atoms with Crippen LogP contribution in [0.1, 0.15) is 32.1 Å². The van der Waals surface area contributed by atoms with Crippen LogP contribution in [0.4, 0.5) is 0 Å². The number of sulfonamides is 1. The first-order valence-electron chi connectivity index (χ1n) is 6.20. The minimum absolute atomic E-state index is 0.135. The maximum Gasteiger partial charge on any atom is 0.242 e. The van der Waals surface area contributed by atoms with Crippen molar-refractivity contribution >= 4 is 27.2 Å². The molecular formula is C12H17N3O2S2. The van der Waals surface area contributed by atoms with Gasteiger partial charge in [-0.3, -0.25) is 4.98 Å². The van der Waals surface area contributed by atoms with Crippen LogP contribution in [0.2, 0.25) is 0 Å². The van der Waals surface area contributed by atoms with Crippen LogP contribution in [0, 0.1) is 0 Å². The second-order valence-electron chi connectivity index (χ2n) is 4.80. The number of nitrogens with two attached hydrogens (primary N) is 1. The van der Waals surface area contributed by atoms with Gasteiger partial charge >= 0.3 is 0 Å². The van der Waals surface area contributed by atoms with Crippen LogP contribution in [0.3, 0.4) is 0 Å². The molecule has 0 radical (unpaired) electrons. The van der Waals surface area contributed by atoms with E-state index in [1.165, 1.54) is 18.5 Å². The van der Waals surface area contributed by atoms with E-state index in [4.69, 9.17) is 18.0 Å². The third-order valence-corrected chi connectivity index (χ3v) is 5.37. The van der Waals surface area contributed by atoms with Gasteiger partial charge in [0, 0.05) is 12.4 Å². The number of nitrogens with zero attached hydrogens (tertiary/aromatic N) is 1. The first-order chi connectivity index (χ1) is 8.96. The lowest BCUT2D eigenvalue weighted by Crippen LogP contribution is -2.57. The molecule has 0 amide bonds. The summed E-state index contributed by atoms with van der Waals surface area (Å²) in [5.74, 6) is 0. The molecule has 3 N–H and O–H groups in total. The Bertz CT molecular complexity index is 552. The van der Waals surface area contributed by atoms with Crippen LogP contribution in [0.5, 0.6) is 0 Å².